The number of benzene rings is 1. The van der Waals surface area contributed by atoms with Gasteiger partial charge in [0.05, 0.1) is 0 Å². The second kappa shape index (κ2) is 6.18. The van der Waals surface area contributed by atoms with Crippen LogP contribution < -0.4 is 5.73 Å². The topological polar surface area (TPSA) is 29.3 Å². The van der Waals surface area contributed by atoms with Crippen LogP contribution in [0, 0.1) is 12.8 Å². The molecule has 0 aromatic heterocycles. The molecule has 17 heavy (non-hydrogen) atoms. The van der Waals surface area contributed by atoms with E-state index in [0.29, 0.717) is 18.5 Å². The van der Waals surface area contributed by atoms with Crippen molar-refractivity contribution < 1.29 is 0 Å². The lowest BCUT2D eigenvalue weighted by Gasteiger charge is -2.28. The molecule has 0 radical (unpaired) electrons. The molecule has 1 atom stereocenters. The first kappa shape index (κ1) is 14.2. The number of nitrogens with zero attached hydrogens (tertiary/aromatic N) is 1. The molecule has 0 spiro atoms. The van der Waals surface area contributed by atoms with Crippen molar-refractivity contribution in [1.82, 2.24) is 4.90 Å². The average Bonchev–Trinajstić information content (AvgIpc) is 2.30. The molecular formula is C15H26N2. The third-order valence-corrected chi connectivity index (χ3v) is 3.72. The Morgan fingerprint density at radius 1 is 1.24 bits per heavy atom. The van der Waals surface area contributed by atoms with E-state index >= 15 is 0 Å². The third-order valence-electron chi connectivity index (χ3n) is 3.72. The smallest absolute Gasteiger partial charge is 0.0236 e. The first-order chi connectivity index (χ1) is 7.95. The molecule has 1 aromatic carbocycles. The van der Waals surface area contributed by atoms with E-state index in [4.69, 9.17) is 5.73 Å². The van der Waals surface area contributed by atoms with Crippen LogP contribution in [-0.2, 0) is 13.1 Å². The number of nitrogens with two attached hydrogens (primary N) is 1. The third kappa shape index (κ3) is 3.83. The summed E-state index contributed by atoms with van der Waals surface area (Å²) in [5.41, 5.74) is 9.60. The monoisotopic (exact) mass is 234 g/mol. The van der Waals surface area contributed by atoms with Gasteiger partial charge in [-0.3, -0.25) is 4.90 Å². The van der Waals surface area contributed by atoms with Gasteiger partial charge in [-0.25, -0.2) is 0 Å². The summed E-state index contributed by atoms with van der Waals surface area (Å²) in [7, 11) is 2.20. The van der Waals surface area contributed by atoms with E-state index in [1.54, 1.807) is 0 Å². The van der Waals surface area contributed by atoms with Gasteiger partial charge in [0, 0.05) is 19.1 Å². The molecule has 0 aliphatic rings. The minimum Gasteiger partial charge on any atom is -0.326 e. The Morgan fingerprint density at radius 2 is 1.88 bits per heavy atom. The number of rotatable bonds is 5. The zero-order valence-electron chi connectivity index (χ0n) is 11.8. The molecule has 0 heterocycles. The molecule has 0 amide bonds. The maximum Gasteiger partial charge on any atom is 0.0236 e. The number of aryl methyl sites for hydroxylation is 1. The molecule has 0 saturated carbocycles. The highest BCUT2D eigenvalue weighted by molar-refractivity contribution is 5.31. The lowest BCUT2D eigenvalue weighted by molar-refractivity contribution is 0.200. The summed E-state index contributed by atoms with van der Waals surface area (Å²) in [6.07, 6.45) is 0. The zero-order valence-corrected chi connectivity index (χ0v) is 11.8. The number of hydrogen-bond donors (Lipinski definition) is 1. The molecule has 2 heteroatoms. The van der Waals surface area contributed by atoms with Crippen LogP contribution in [0.1, 0.15) is 37.5 Å². The van der Waals surface area contributed by atoms with Gasteiger partial charge in [0.25, 0.3) is 0 Å². The van der Waals surface area contributed by atoms with E-state index < -0.39 is 0 Å². The first-order valence-electron chi connectivity index (χ1n) is 6.44. The summed E-state index contributed by atoms with van der Waals surface area (Å²) in [6, 6.07) is 7.14. The van der Waals surface area contributed by atoms with Gasteiger partial charge in [0.15, 0.2) is 0 Å². The molecule has 0 saturated heterocycles. The highest BCUT2D eigenvalue weighted by atomic mass is 15.1. The maximum atomic E-state index is 5.65. The minimum absolute atomic E-state index is 0.601. The summed E-state index contributed by atoms with van der Waals surface area (Å²) < 4.78 is 0. The fraction of sp³-hybridized carbons (Fsp3) is 0.600. The molecule has 2 N–H and O–H groups in total. The fourth-order valence-electron chi connectivity index (χ4n) is 1.98. The van der Waals surface area contributed by atoms with Gasteiger partial charge in [-0.1, -0.05) is 32.0 Å². The highest BCUT2D eigenvalue weighted by Gasteiger charge is 2.13. The Labute approximate surface area is 106 Å². The highest BCUT2D eigenvalue weighted by Crippen LogP contribution is 2.16. The molecule has 1 aromatic rings. The van der Waals surface area contributed by atoms with Crippen molar-refractivity contribution in [3.8, 4) is 0 Å². The van der Waals surface area contributed by atoms with Crippen molar-refractivity contribution in [2.75, 3.05) is 7.05 Å². The van der Waals surface area contributed by atoms with Crippen LogP contribution in [-0.4, -0.2) is 18.0 Å². The standard InChI is InChI=1S/C15H26N2/c1-11(2)13(4)17(5)10-15-7-6-14(9-16)8-12(15)3/h6-8,11,13H,9-10,16H2,1-5H3. The van der Waals surface area contributed by atoms with Crippen LogP contribution in [0.4, 0.5) is 0 Å². The summed E-state index contributed by atoms with van der Waals surface area (Å²) in [4.78, 5) is 2.41. The Balaban J connectivity index is 2.75. The van der Waals surface area contributed by atoms with Crippen molar-refractivity contribution in [3.63, 3.8) is 0 Å². The second-order valence-corrected chi connectivity index (χ2v) is 5.36. The second-order valence-electron chi connectivity index (χ2n) is 5.36. The summed E-state index contributed by atoms with van der Waals surface area (Å²) in [5, 5.41) is 0. The molecule has 2 nitrogen and oxygen atoms in total. The van der Waals surface area contributed by atoms with Crippen LogP contribution in [0.5, 0.6) is 0 Å². The van der Waals surface area contributed by atoms with Gasteiger partial charge < -0.3 is 5.73 Å². The normalized spacial score (nSPS) is 13.4. The Morgan fingerprint density at radius 3 is 2.35 bits per heavy atom. The molecule has 0 bridgehead atoms. The molecule has 1 rings (SSSR count). The zero-order chi connectivity index (χ0) is 13.0. The summed E-state index contributed by atoms with van der Waals surface area (Å²) >= 11 is 0. The van der Waals surface area contributed by atoms with E-state index in [0.717, 1.165) is 6.54 Å². The Kier molecular flexibility index (Phi) is 5.16. The van der Waals surface area contributed by atoms with Crippen molar-refractivity contribution in [3.05, 3.63) is 34.9 Å². The van der Waals surface area contributed by atoms with Gasteiger partial charge >= 0.3 is 0 Å². The predicted molar refractivity (Wildman–Crippen MR) is 74.8 cm³/mol. The minimum atomic E-state index is 0.601. The van der Waals surface area contributed by atoms with E-state index in [1.807, 2.05) is 0 Å². The molecule has 0 fully saturated rings. The van der Waals surface area contributed by atoms with Gasteiger partial charge in [-0.2, -0.15) is 0 Å². The molecule has 0 aliphatic heterocycles. The molecular weight excluding hydrogens is 208 g/mol. The largest absolute Gasteiger partial charge is 0.326 e. The average molecular weight is 234 g/mol. The number of hydrogen-bond acceptors (Lipinski definition) is 2. The molecule has 1 unspecified atom stereocenters. The van der Waals surface area contributed by atoms with Crippen molar-refractivity contribution in [2.45, 2.75) is 46.8 Å². The van der Waals surface area contributed by atoms with Crippen LogP contribution in [0.25, 0.3) is 0 Å². The van der Waals surface area contributed by atoms with Gasteiger partial charge in [-0.15, -0.1) is 0 Å². The molecule has 96 valence electrons. The quantitative estimate of drug-likeness (QED) is 0.848. The van der Waals surface area contributed by atoms with E-state index in [2.05, 4.69) is 57.8 Å². The summed E-state index contributed by atoms with van der Waals surface area (Å²) in [6.45, 7) is 10.6. The van der Waals surface area contributed by atoms with Crippen LogP contribution in [0.2, 0.25) is 0 Å². The van der Waals surface area contributed by atoms with E-state index in [-0.39, 0.29) is 0 Å². The SMILES string of the molecule is Cc1cc(CN)ccc1CN(C)C(C)C(C)C. The Hall–Kier alpha value is -0.860. The van der Waals surface area contributed by atoms with E-state index in [1.165, 1.54) is 16.7 Å². The van der Waals surface area contributed by atoms with Crippen LogP contribution in [0.15, 0.2) is 18.2 Å². The predicted octanol–water partition coefficient (Wildman–Crippen LogP) is 2.93. The van der Waals surface area contributed by atoms with E-state index in [9.17, 15) is 0 Å². The molecule has 0 aliphatic carbocycles. The fourth-order valence-corrected chi connectivity index (χ4v) is 1.98. The van der Waals surface area contributed by atoms with Crippen molar-refractivity contribution in [1.29, 1.82) is 0 Å². The van der Waals surface area contributed by atoms with Crippen LogP contribution in [0.3, 0.4) is 0 Å². The van der Waals surface area contributed by atoms with Gasteiger partial charge in [0.2, 0.25) is 0 Å². The maximum absolute atomic E-state index is 5.65. The first-order valence-corrected chi connectivity index (χ1v) is 6.44. The lowest BCUT2D eigenvalue weighted by atomic mass is 10.0. The summed E-state index contributed by atoms with van der Waals surface area (Å²) in [5.74, 6) is 0.684. The van der Waals surface area contributed by atoms with Crippen molar-refractivity contribution in [2.24, 2.45) is 11.7 Å². The Bertz CT molecular complexity index is 358. The lowest BCUT2D eigenvalue weighted by Crippen LogP contribution is -2.32. The van der Waals surface area contributed by atoms with Crippen LogP contribution >= 0.6 is 0 Å². The van der Waals surface area contributed by atoms with Gasteiger partial charge in [-0.05, 0) is 43.5 Å². The van der Waals surface area contributed by atoms with Gasteiger partial charge in [0.1, 0.15) is 0 Å². The van der Waals surface area contributed by atoms with Crippen molar-refractivity contribution >= 4 is 0 Å².